The zero-order valence-electron chi connectivity index (χ0n) is 11.7. The predicted octanol–water partition coefficient (Wildman–Crippen LogP) is 6.42. The van der Waals surface area contributed by atoms with Crippen molar-refractivity contribution >= 4 is 44.8 Å². The first-order valence-electron chi connectivity index (χ1n) is 7.01. The van der Waals surface area contributed by atoms with Gasteiger partial charge in [0.25, 0.3) is 0 Å². The van der Waals surface area contributed by atoms with Gasteiger partial charge in [-0.05, 0) is 70.9 Å². The Morgan fingerprint density at radius 3 is 2.52 bits per heavy atom. The molecule has 4 heteroatoms. The van der Waals surface area contributed by atoms with Crippen molar-refractivity contribution in [3.05, 3.63) is 62.0 Å². The van der Waals surface area contributed by atoms with Crippen LogP contribution in [0, 0.1) is 6.92 Å². The summed E-state index contributed by atoms with van der Waals surface area (Å²) in [7, 11) is 0. The van der Waals surface area contributed by atoms with Gasteiger partial charge in [-0.2, -0.15) is 0 Å². The second-order valence-corrected chi connectivity index (χ2v) is 7.28. The fourth-order valence-electron chi connectivity index (χ4n) is 2.77. The molecule has 0 heterocycles. The number of halogens is 3. The van der Waals surface area contributed by atoms with E-state index in [-0.39, 0.29) is 0 Å². The maximum atomic E-state index is 6.26. The van der Waals surface area contributed by atoms with Crippen LogP contribution < -0.4 is 5.32 Å². The van der Waals surface area contributed by atoms with Crippen molar-refractivity contribution in [2.75, 3.05) is 5.32 Å². The van der Waals surface area contributed by atoms with E-state index in [2.05, 4.69) is 39.4 Å². The lowest BCUT2D eigenvalue weighted by atomic mass is 9.76. The van der Waals surface area contributed by atoms with Crippen LogP contribution in [0.5, 0.6) is 0 Å². The molecule has 21 heavy (non-hydrogen) atoms. The van der Waals surface area contributed by atoms with E-state index in [0.29, 0.717) is 12.0 Å². The van der Waals surface area contributed by atoms with E-state index in [1.165, 1.54) is 5.56 Å². The van der Waals surface area contributed by atoms with Crippen molar-refractivity contribution in [3.63, 3.8) is 0 Å². The molecule has 0 spiro atoms. The Hall–Kier alpha value is -0.700. The van der Waals surface area contributed by atoms with Gasteiger partial charge in [0.15, 0.2) is 0 Å². The predicted molar refractivity (Wildman–Crippen MR) is 94.7 cm³/mol. The summed E-state index contributed by atoms with van der Waals surface area (Å²) < 4.78 is 1.06. The molecule has 1 fully saturated rings. The summed E-state index contributed by atoms with van der Waals surface area (Å²) in [6, 6.07) is 12.6. The summed E-state index contributed by atoms with van der Waals surface area (Å²) in [5, 5.41) is 5.23. The molecule has 0 aliphatic heterocycles. The van der Waals surface area contributed by atoms with Crippen molar-refractivity contribution in [1.82, 2.24) is 0 Å². The molecule has 0 radical (unpaired) electrons. The Labute approximate surface area is 143 Å². The van der Waals surface area contributed by atoms with Gasteiger partial charge in [0, 0.05) is 20.6 Å². The Kier molecular flexibility index (Phi) is 4.49. The highest BCUT2D eigenvalue weighted by atomic mass is 79.9. The minimum atomic E-state index is 0.473. The molecule has 3 rings (SSSR count). The zero-order chi connectivity index (χ0) is 15.0. The number of rotatable bonds is 3. The maximum absolute atomic E-state index is 6.26. The third-order valence-electron chi connectivity index (χ3n) is 4.09. The SMILES string of the molecule is Cc1cc(Br)c(NC2CC(c3ccccc3Cl)C2)cc1Cl. The molecular weight excluding hydrogens is 369 g/mol. The second-order valence-electron chi connectivity index (χ2n) is 5.61. The van der Waals surface area contributed by atoms with Gasteiger partial charge in [0.1, 0.15) is 0 Å². The number of hydrogen-bond acceptors (Lipinski definition) is 1. The average molecular weight is 385 g/mol. The van der Waals surface area contributed by atoms with Gasteiger partial charge in [-0.15, -0.1) is 0 Å². The fourth-order valence-corrected chi connectivity index (χ4v) is 3.80. The van der Waals surface area contributed by atoms with Crippen LogP contribution in [0.25, 0.3) is 0 Å². The molecule has 0 aromatic heterocycles. The van der Waals surface area contributed by atoms with Gasteiger partial charge >= 0.3 is 0 Å². The minimum Gasteiger partial charge on any atom is -0.381 e. The molecule has 1 aliphatic rings. The Morgan fingerprint density at radius 1 is 1.10 bits per heavy atom. The molecule has 0 atom stereocenters. The number of benzene rings is 2. The van der Waals surface area contributed by atoms with Crippen molar-refractivity contribution in [2.24, 2.45) is 0 Å². The van der Waals surface area contributed by atoms with Crippen molar-refractivity contribution in [3.8, 4) is 0 Å². The summed E-state index contributed by atoms with van der Waals surface area (Å²) in [6.07, 6.45) is 2.20. The number of hydrogen-bond donors (Lipinski definition) is 1. The summed E-state index contributed by atoms with van der Waals surface area (Å²) in [4.78, 5) is 0. The van der Waals surface area contributed by atoms with Crippen LogP contribution in [0.3, 0.4) is 0 Å². The quantitative estimate of drug-likeness (QED) is 0.643. The van der Waals surface area contributed by atoms with E-state index < -0.39 is 0 Å². The highest BCUT2D eigenvalue weighted by molar-refractivity contribution is 9.10. The molecule has 0 unspecified atom stereocenters. The highest BCUT2D eigenvalue weighted by Crippen LogP contribution is 2.42. The monoisotopic (exact) mass is 383 g/mol. The van der Waals surface area contributed by atoms with Crippen LogP contribution in [0.2, 0.25) is 10.0 Å². The van der Waals surface area contributed by atoms with E-state index in [1.54, 1.807) is 0 Å². The lowest BCUT2D eigenvalue weighted by Crippen LogP contribution is -2.34. The molecule has 0 bridgehead atoms. The van der Waals surface area contributed by atoms with E-state index in [1.807, 2.05) is 25.1 Å². The first kappa shape index (κ1) is 15.2. The Morgan fingerprint density at radius 2 is 1.81 bits per heavy atom. The van der Waals surface area contributed by atoms with Crippen LogP contribution in [0.1, 0.15) is 29.9 Å². The van der Waals surface area contributed by atoms with Gasteiger partial charge < -0.3 is 5.32 Å². The van der Waals surface area contributed by atoms with Crippen LogP contribution in [0.15, 0.2) is 40.9 Å². The van der Waals surface area contributed by atoms with Crippen LogP contribution in [-0.4, -0.2) is 6.04 Å². The molecule has 2 aromatic rings. The van der Waals surface area contributed by atoms with E-state index in [4.69, 9.17) is 23.2 Å². The molecule has 0 saturated heterocycles. The second kappa shape index (κ2) is 6.20. The Balaban J connectivity index is 1.65. The first-order chi connectivity index (χ1) is 10.0. The molecule has 110 valence electrons. The topological polar surface area (TPSA) is 12.0 Å². The third kappa shape index (κ3) is 3.23. The molecule has 0 amide bonds. The summed E-state index contributed by atoms with van der Waals surface area (Å²) in [6.45, 7) is 2.01. The summed E-state index contributed by atoms with van der Waals surface area (Å²) >= 11 is 16.0. The summed E-state index contributed by atoms with van der Waals surface area (Å²) in [5.41, 5.74) is 3.41. The van der Waals surface area contributed by atoms with Crippen LogP contribution in [-0.2, 0) is 0 Å². The molecule has 1 nitrogen and oxygen atoms in total. The average Bonchev–Trinajstić information content (AvgIpc) is 2.40. The molecule has 1 aliphatic carbocycles. The summed E-state index contributed by atoms with van der Waals surface area (Å²) in [5.74, 6) is 0.552. The molecule has 1 N–H and O–H groups in total. The normalized spacial score (nSPS) is 21.0. The first-order valence-corrected chi connectivity index (χ1v) is 8.56. The highest BCUT2D eigenvalue weighted by Gasteiger charge is 2.31. The smallest absolute Gasteiger partial charge is 0.0501 e. The largest absolute Gasteiger partial charge is 0.381 e. The van der Waals surface area contributed by atoms with E-state index in [0.717, 1.165) is 38.6 Å². The number of anilines is 1. The van der Waals surface area contributed by atoms with Crippen LogP contribution >= 0.6 is 39.1 Å². The minimum absolute atomic E-state index is 0.473. The lowest BCUT2D eigenvalue weighted by molar-refractivity contribution is 0.374. The maximum Gasteiger partial charge on any atom is 0.0501 e. The van der Waals surface area contributed by atoms with Gasteiger partial charge in [-0.25, -0.2) is 0 Å². The lowest BCUT2D eigenvalue weighted by Gasteiger charge is -2.37. The number of aryl methyl sites for hydroxylation is 1. The van der Waals surface area contributed by atoms with Gasteiger partial charge in [-0.3, -0.25) is 0 Å². The zero-order valence-corrected chi connectivity index (χ0v) is 14.8. The van der Waals surface area contributed by atoms with E-state index >= 15 is 0 Å². The molecule has 2 aromatic carbocycles. The van der Waals surface area contributed by atoms with Crippen LogP contribution in [0.4, 0.5) is 5.69 Å². The Bertz CT molecular complexity index is 666. The molecular formula is C17H16BrCl2N. The van der Waals surface area contributed by atoms with Crippen molar-refractivity contribution < 1.29 is 0 Å². The molecule has 1 saturated carbocycles. The van der Waals surface area contributed by atoms with Crippen molar-refractivity contribution in [2.45, 2.75) is 31.7 Å². The van der Waals surface area contributed by atoms with E-state index in [9.17, 15) is 0 Å². The van der Waals surface area contributed by atoms with Gasteiger partial charge in [-0.1, -0.05) is 41.4 Å². The van der Waals surface area contributed by atoms with Gasteiger partial charge in [0.2, 0.25) is 0 Å². The van der Waals surface area contributed by atoms with Crippen molar-refractivity contribution in [1.29, 1.82) is 0 Å². The fraction of sp³-hybridized carbons (Fsp3) is 0.294. The third-order valence-corrected chi connectivity index (χ3v) is 5.50. The standard InChI is InChI=1S/C17H16BrCl2N/c1-10-6-14(18)17(9-16(10)20)21-12-7-11(8-12)13-4-2-3-5-15(13)19/h2-6,9,11-12,21H,7-8H2,1H3. The number of nitrogens with one attached hydrogen (secondary N) is 1. The van der Waals surface area contributed by atoms with Gasteiger partial charge in [0.05, 0.1) is 5.69 Å².